The zero-order chi connectivity index (χ0) is 23.4. The summed E-state index contributed by atoms with van der Waals surface area (Å²) in [4.78, 5) is 24.7. The molecule has 1 aromatic carbocycles. The van der Waals surface area contributed by atoms with Gasteiger partial charge in [0.1, 0.15) is 29.5 Å². The first-order chi connectivity index (χ1) is 15.9. The first-order valence-corrected chi connectivity index (χ1v) is 10.2. The molecule has 3 heterocycles. The molecule has 0 atom stereocenters. The number of amides is 2. The molecule has 0 aliphatic rings. The number of aryl methyl sites for hydroxylation is 1. The fraction of sp³-hybridized carbons (Fsp3) is 0.174. The van der Waals surface area contributed by atoms with E-state index in [0.29, 0.717) is 23.1 Å². The summed E-state index contributed by atoms with van der Waals surface area (Å²) < 4.78 is 21.9. The maximum absolute atomic E-state index is 14.6. The van der Waals surface area contributed by atoms with Crippen molar-refractivity contribution in [2.24, 2.45) is 0 Å². The van der Waals surface area contributed by atoms with Crippen molar-refractivity contribution in [2.75, 3.05) is 10.6 Å². The lowest BCUT2D eigenvalue weighted by molar-refractivity contribution is 0.262. The minimum atomic E-state index is -0.641. The van der Waals surface area contributed by atoms with E-state index in [2.05, 4.69) is 30.7 Å². The summed E-state index contributed by atoms with van der Waals surface area (Å²) >= 11 is 0. The van der Waals surface area contributed by atoms with Crippen LogP contribution in [0.2, 0.25) is 0 Å². The van der Waals surface area contributed by atoms with E-state index in [1.54, 1.807) is 43.8 Å². The number of benzene rings is 1. The number of nitrogens with one attached hydrogen (secondary N) is 2. The minimum Gasteiger partial charge on any atom is -0.457 e. The predicted octanol–water partition coefficient (Wildman–Crippen LogP) is 5.06. The van der Waals surface area contributed by atoms with Gasteiger partial charge in [0, 0.05) is 24.5 Å². The monoisotopic (exact) mass is 447 g/mol. The first-order valence-electron chi connectivity index (χ1n) is 10.2. The first kappa shape index (κ1) is 21.9. The third-order valence-electron chi connectivity index (χ3n) is 4.67. The van der Waals surface area contributed by atoms with Crippen molar-refractivity contribution in [3.8, 4) is 17.3 Å². The lowest BCUT2D eigenvalue weighted by Gasteiger charge is -2.12. The molecule has 2 N–H and O–H groups in total. The van der Waals surface area contributed by atoms with E-state index < -0.39 is 11.8 Å². The summed E-state index contributed by atoms with van der Waals surface area (Å²) in [6.07, 6.45) is 6.37. The minimum absolute atomic E-state index is 0.0151. The molecule has 0 aliphatic heterocycles. The molecule has 0 saturated heterocycles. The summed E-state index contributed by atoms with van der Waals surface area (Å²) in [5, 5.41) is 9.36. The number of urea groups is 1. The van der Waals surface area contributed by atoms with Crippen molar-refractivity contribution in [1.29, 1.82) is 0 Å². The second-order valence-corrected chi connectivity index (χ2v) is 7.57. The SMILES string of the molecule is Cc1ncn(-c2cc(Oc3ccc(NC(=O)Nc4cncc(C(C)C)c4)c(F)c3)ccn2)n1. The van der Waals surface area contributed by atoms with Gasteiger partial charge in [-0.2, -0.15) is 5.10 Å². The van der Waals surface area contributed by atoms with Gasteiger partial charge in [0.15, 0.2) is 5.82 Å². The highest BCUT2D eigenvalue weighted by Crippen LogP contribution is 2.26. The van der Waals surface area contributed by atoms with E-state index in [1.165, 1.54) is 23.0 Å². The Morgan fingerprint density at radius 1 is 1.06 bits per heavy atom. The molecule has 0 aliphatic carbocycles. The lowest BCUT2D eigenvalue weighted by atomic mass is 10.1. The van der Waals surface area contributed by atoms with Crippen molar-refractivity contribution in [3.63, 3.8) is 0 Å². The summed E-state index contributed by atoms with van der Waals surface area (Å²) in [5.74, 6) is 1.46. The van der Waals surface area contributed by atoms with Gasteiger partial charge in [-0.15, -0.1) is 0 Å². The van der Waals surface area contributed by atoms with Crippen molar-refractivity contribution >= 4 is 17.4 Å². The fourth-order valence-corrected chi connectivity index (χ4v) is 2.97. The highest BCUT2D eigenvalue weighted by atomic mass is 19.1. The van der Waals surface area contributed by atoms with Crippen molar-refractivity contribution in [3.05, 3.63) is 78.5 Å². The molecule has 0 saturated carbocycles. The van der Waals surface area contributed by atoms with Gasteiger partial charge in [0.05, 0.1) is 17.6 Å². The molecule has 9 nitrogen and oxygen atoms in total. The number of aromatic nitrogens is 5. The van der Waals surface area contributed by atoms with Crippen LogP contribution >= 0.6 is 0 Å². The van der Waals surface area contributed by atoms with Crippen LogP contribution in [0.5, 0.6) is 11.5 Å². The van der Waals surface area contributed by atoms with Crippen LogP contribution in [0.25, 0.3) is 5.82 Å². The van der Waals surface area contributed by atoms with Crippen LogP contribution in [-0.4, -0.2) is 30.8 Å². The number of halogens is 1. The molecule has 0 radical (unpaired) electrons. The van der Waals surface area contributed by atoms with Crippen LogP contribution in [-0.2, 0) is 0 Å². The molecule has 4 rings (SSSR count). The third kappa shape index (κ3) is 5.48. The van der Waals surface area contributed by atoms with Gasteiger partial charge in [-0.1, -0.05) is 13.8 Å². The van der Waals surface area contributed by atoms with E-state index in [0.717, 1.165) is 5.56 Å². The second-order valence-electron chi connectivity index (χ2n) is 7.57. The van der Waals surface area contributed by atoms with Crippen molar-refractivity contribution in [1.82, 2.24) is 24.7 Å². The molecule has 3 aromatic heterocycles. The molecular formula is C23H22FN7O2. The van der Waals surface area contributed by atoms with Gasteiger partial charge in [-0.25, -0.2) is 23.8 Å². The largest absolute Gasteiger partial charge is 0.457 e. The lowest BCUT2D eigenvalue weighted by Crippen LogP contribution is -2.20. The summed E-state index contributed by atoms with van der Waals surface area (Å²) in [6.45, 7) is 5.83. The average Bonchev–Trinajstić information content (AvgIpc) is 3.22. The molecule has 0 fully saturated rings. The molecule has 10 heteroatoms. The standard InChI is InChI=1S/C23H22FN7O2/c1-14(2)16-8-17(12-25-11-16)28-23(32)29-21-5-4-18(9-20(21)24)33-19-6-7-26-22(10-19)31-13-27-15(3)30-31/h4-14H,1-3H3,(H2,28,29,32). The number of carbonyl (C=O) groups is 1. The Kier molecular flexibility index (Phi) is 6.25. The number of ether oxygens (including phenoxy) is 1. The summed E-state index contributed by atoms with van der Waals surface area (Å²) in [6, 6.07) is 8.72. The van der Waals surface area contributed by atoms with Gasteiger partial charge in [-0.05, 0) is 42.7 Å². The van der Waals surface area contributed by atoms with E-state index >= 15 is 0 Å². The van der Waals surface area contributed by atoms with E-state index in [1.807, 2.05) is 19.9 Å². The summed E-state index contributed by atoms with van der Waals surface area (Å²) in [7, 11) is 0. The van der Waals surface area contributed by atoms with E-state index in [-0.39, 0.29) is 17.4 Å². The van der Waals surface area contributed by atoms with Crippen LogP contribution in [0, 0.1) is 12.7 Å². The van der Waals surface area contributed by atoms with E-state index in [4.69, 9.17) is 4.74 Å². The Morgan fingerprint density at radius 3 is 2.61 bits per heavy atom. The molecule has 33 heavy (non-hydrogen) atoms. The van der Waals surface area contributed by atoms with Gasteiger partial charge in [0.2, 0.25) is 0 Å². The molecule has 0 unspecified atom stereocenters. The number of rotatable bonds is 6. The quantitative estimate of drug-likeness (QED) is 0.428. The van der Waals surface area contributed by atoms with E-state index in [9.17, 15) is 9.18 Å². The number of carbonyl (C=O) groups excluding carboxylic acids is 1. The van der Waals surface area contributed by atoms with Crippen LogP contribution in [0.4, 0.5) is 20.6 Å². The zero-order valence-electron chi connectivity index (χ0n) is 18.3. The topological polar surface area (TPSA) is 107 Å². The molecular weight excluding hydrogens is 425 g/mol. The highest BCUT2D eigenvalue weighted by molar-refractivity contribution is 5.99. The molecule has 4 aromatic rings. The number of hydrogen-bond acceptors (Lipinski definition) is 6. The fourth-order valence-electron chi connectivity index (χ4n) is 2.97. The maximum atomic E-state index is 14.6. The molecule has 0 bridgehead atoms. The number of anilines is 2. The smallest absolute Gasteiger partial charge is 0.323 e. The molecule has 0 spiro atoms. The number of pyridine rings is 2. The molecule has 2 amide bonds. The van der Waals surface area contributed by atoms with Crippen molar-refractivity contribution in [2.45, 2.75) is 26.7 Å². The van der Waals surface area contributed by atoms with Gasteiger partial charge in [-0.3, -0.25) is 4.98 Å². The summed E-state index contributed by atoms with van der Waals surface area (Å²) in [5.41, 5.74) is 1.52. The van der Waals surface area contributed by atoms with Crippen LogP contribution in [0.15, 0.2) is 61.3 Å². The Bertz CT molecular complexity index is 1290. The normalized spacial score (nSPS) is 10.8. The van der Waals surface area contributed by atoms with Gasteiger partial charge in [0.25, 0.3) is 0 Å². The third-order valence-corrected chi connectivity index (χ3v) is 4.67. The Labute approximate surface area is 189 Å². The van der Waals surface area contributed by atoms with Gasteiger partial charge < -0.3 is 15.4 Å². The average molecular weight is 447 g/mol. The number of nitrogens with zero attached hydrogens (tertiary/aromatic N) is 5. The maximum Gasteiger partial charge on any atom is 0.323 e. The van der Waals surface area contributed by atoms with Crippen molar-refractivity contribution < 1.29 is 13.9 Å². The second kappa shape index (κ2) is 9.43. The Balaban J connectivity index is 1.42. The zero-order valence-corrected chi connectivity index (χ0v) is 18.3. The van der Waals surface area contributed by atoms with Crippen LogP contribution < -0.4 is 15.4 Å². The Morgan fingerprint density at radius 2 is 1.88 bits per heavy atom. The predicted molar refractivity (Wildman–Crippen MR) is 121 cm³/mol. The highest BCUT2D eigenvalue weighted by Gasteiger charge is 2.11. The Hall–Kier alpha value is -4.34. The van der Waals surface area contributed by atoms with Crippen LogP contribution in [0.3, 0.4) is 0 Å². The van der Waals surface area contributed by atoms with Crippen LogP contribution in [0.1, 0.15) is 31.2 Å². The number of hydrogen-bond donors (Lipinski definition) is 2. The molecule has 168 valence electrons. The van der Waals surface area contributed by atoms with Gasteiger partial charge >= 0.3 is 6.03 Å².